The number of aliphatic hydroxyl groups is 1. The van der Waals surface area contributed by atoms with E-state index in [0.29, 0.717) is 0 Å². The van der Waals surface area contributed by atoms with E-state index in [4.69, 9.17) is 5.26 Å². The van der Waals surface area contributed by atoms with Gasteiger partial charge in [-0.25, -0.2) is 21.6 Å². The molecule has 0 spiro atoms. The van der Waals surface area contributed by atoms with E-state index in [9.17, 15) is 21.9 Å². The van der Waals surface area contributed by atoms with Gasteiger partial charge in [-0.3, -0.25) is 0 Å². The summed E-state index contributed by atoms with van der Waals surface area (Å²) in [5.41, 5.74) is 0.241. The van der Waals surface area contributed by atoms with Crippen molar-refractivity contribution in [1.29, 1.82) is 5.26 Å². The molecule has 0 amide bonds. The van der Waals surface area contributed by atoms with Crippen molar-refractivity contribution in [2.75, 3.05) is 24.6 Å². The Hall–Kier alpha value is -1.51. The van der Waals surface area contributed by atoms with Gasteiger partial charge in [0.2, 0.25) is 10.0 Å². The second kappa shape index (κ2) is 6.94. The Bertz CT molecular complexity index is 814. The Balaban J connectivity index is 1.87. The molecule has 23 heavy (non-hydrogen) atoms. The molecule has 126 valence electrons. The first kappa shape index (κ1) is 17.8. The maximum Gasteiger partial charge on any atom is 0.240 e. The molecule has 1 saturated heterocycles. The van der Waals surface area contributed by atoms with Crippen molar-refractivity contribution in [3.63, 3.8) is 0 Å². The van der Waals surface area contributed by atoms with Crippen LogP contribution in [0.2, 0.25) is 0 Å². The van der Waals surface area contributed by atoms with Gasteiger partial charge < -0.3 is 10.4 Å². The molecule has 0 radical (unpaired) electrons. The summed E-state index contributed by atoms with van der Waals surface area (Å²) >= 11 is 0. The Morgan fingerprint density at radius 1 is 1.30 bits per heavy atom. The van der Waals surface area contributed by atoms with Gasteiger partial charge in [-0.05, 0) is 18.2 Å². The van der Waals surface area contributed by atoms with Crippen LogP contribution in [0, 0.1) is 11.3 Å². The quantitative estimate of drug-likeness (QED) is 0.530. The number of sulfonamides is 1. The average Bonchev–Trinajstić information content (AvgIpc) is 2.76. The Morgan fingerprint density at radius 2 is 2.04 bits per heavy atom. The highest BCUT2D eigenvalue weighted by atomic mass is 32.2. The van der Waals surface area contributed by atoms with Crippen LogP contribution in [0.15, 0.2) is 29.2 Å². The lowest BCUT2D eigenvalue weighted by molar-refractivity contribution is 0.166. The molecule has 1 aliphatic heterocycles. The monoisotopic (exact) mass is 359 g/mol. The van der Waals surface area contributed by atoms with Crippen molar-refractivity contribution in [2.24, 2.45) is 0 Å². The minimum absolute atomic E-state index is 0.0139. The van der Waals surface area contributed by atoms with E-state index in [-0.39, 0.29) is 35.1 Å². The van der Waals surface area contributed by atoms with Crippen LogP contribution in [-0.2, 0) is 19.9 Å². The van der Waals surface area contributed by atoms with E-state index >= 15 is 0 Å². The minimum Gasteiger partial charge on any atom is -0.390 e. The van der Waals surface area contributed by atoms with Gasteiger partial charge in [0.1, 0.15) is 0 Å². The summed E-state index contributed by atoms with van der Waals surface area (Å²) in [7, 11) is -6.99. The second-order valence-corrected chi connectivity index (χ2v) is 9.16. The van der Waals surface area contributed by atoms with Gasteiger partial charge in [-0.1, -0.05) is 6.07 Å². The summed E-state index contributed by atoms with van der Waals surface area (Å²) in [6.07, 6.45) is -0.982. The Labute approximate surface area is 135 Å². The zero-order valence-electron chi connectivity index (χ0n) is 12.1. The molecule has 8 nitrogen and oxygen atoms in total. The third-order valence-electron chi connectivity index (χ3n) is 3.42. The number of hydrogen-bond donors (Lipinski definition) is 3. The van der Waals surface area contributed by atoms with Crippen LogP contribution in [0.3, 0.4) is 0 Å². The standard InChI is InChI=1S/C13H17N3O5S2/c14-7-10-2-1-3-11(6-10)23(20,21)16-5-4-15-12-8-22(18,19)9-13(12)17/h1-3,6,12-13,15-17H,4-5,8-9H2/t12-,13-/m1/s1. The van der Waals surface area contributed by atoms with Crippen LogP contribution in [0.25, 0.3) is 0 Å². The van der Waals surface area contributed by atoms with Crippen LogP contribution in [-0.4, -0.2) is 58.7 Å². The molecule has 2 rings (SSSR count). The van der Waals surface area contributed by atoms with Crippen molar-refractivity contribution < 1.29 is 21.9 Å². The highest BCUT2D eigenvalue weighted by Gasteiger charge is 2.35. The predicted octanol–water partition coefficient (Wildman–Crippen LogP) is -1.42. The van der Waals surface area contributed by atoms with Gasteiger partial charge in [-0.15, -0.1) is 0 Å². The van der Waals surface area contributed by atoms with Crippen molar-refractivity contribution in [1.82, 2.24) is 10.0 Å². The molecule has 10 heteroatoms. The minimum atomic E-state index is -3.75. The summed E-state index contributed by atoms with van der Waals surface area (Å²) in [5, 5.41) is 21.2. The Morgan fingerprint density at radius 3 is 2.65 bits per heavy atom. The van der Waals surface area contributed by atoms with E-state index in [0.717, 1.165) is 0 Å². The number of benzene rings is 1. The van der Waals surface area contributed by atoms with Gasteiger partial charge in [0, 0.05) is 19.1 Å². The summed E-state index contributed by atoms with van der Waals surface area (Å²) in [5.74, 6) is -0.442. The number of rotatable bonds is 6. The third-order valence-corrected chi connectivity index (χ3v) is 6.59. The summed E-state index contributed by atoms with van der Waals surface area (Å²) in [4.78, 5) is -0.0139. The molecule has 1 fully saturated rings. The van der Waals surface area contributed by atoms with Gasteiger partial charge in [0.15, 0.2) is 9.84 Å². The third kappa shape index (κ3) is 4.73. The van der Waals surface area contributed by atoms with Crippen LogP contribution in [0.5, 0.6) is 0 Å². The SMILES string of the molecule is N#Cc1cccc(S(=O)(=O)NCCN[C@@H]2CS(=O)(=O)C[C@H]2O)c1. The number of sulfone groups is 1. The first-order valence-electron chi connectivity index (χ1n) is 6.85. The van der Waals surface area contributed by atoms with Gasteiger partial charge in [0.05, 0.1) is 34.1 Å². The fraction of sp³-hybridized carbons (Fsp3) is 0.462. The molecule has 2 atom stereocenters. The fourth-order valence-corrected chi connectivity index (χ4v) is 5.14. The molecule has 0 aliphatic carbocycles. The maximum atomic E-state index is 12.1. The van der Waals surface area contributed by atoms with Crippen molar-refractivity contribution in [2.45, 2.75) is 17.0 Å². The van der Waals surface area contributed by atoms with Crippen LogP contribution in [0.4, 0.5) is 0 Å². The molecule has 1 heterocycles. The van der Waals surface area contributed by atoms with Gasteiger partial charge >= 0.3 is 0 Å². The van der Waals surface area contributed by atoms with E-state index in [1.807, 2.05) is 6.07 Å². The van der Waals surface area contributed by atoms with Gasteiger partial charge in [-0.2, -0.15) is 5.26 Å². The summed E-state index contributed by atoms with van der Waals surface area (Å²) in [6.45, 7) is 0.205. The predicted molar refractivity (Wildman–Crippen MR) is 82.8 cm³/mol. The molecule has 1 aliphatic rings. The molecular weight excluding hydrogens is 342 g/mol. The molecule has 0 unspecified atom stereocenters. The zero-order valence-corrected chi connectivity index (χ0v) is 13.8. The number of nitrogens with zero attached hydrogens (tertiary/aromatic N) is 1. The number of aliphatic hydroxyl groups excluding tert-OH is 1. The first-order chi connectivity index (χ1) is 10.7. The molecular formula is C13H17N3O5S2. The highest BCUT2D eigenvalue weighted by molar-refractivity contribution is 7.91. The van der Waals surface area contributed by atoms with E-state index in [2.05, 4.69) is 10.0 Å². The van der Waals surface area contributed by atoms with Crippen LogP contribution in [0.1, 0.15) is 5.56 Å². The van der Waals surface area contributed by atoms with Gasteiger partial charge in [0.25, 0.3) is 0 Å². The van der Waals surface area contributed by atoms with E-state index in [1.165, 1.54) is 24.3 Å². The molecule has 3 N–H and O–H groups in total. The number of nitrogens with one attached hydrogen (secondary N) is 2. The van der Waals surface area contributed by atoms with Crippen molar-refractivity contribution in [3.8, 4) is 6.07 Å². The molecule has 1 aromatic carbocycles. The fourth-order valence-electron chi connectivity index (χ4n) is 2.28. The lowest BCUT2D eigenvalue weighted by atomic mass is 10.2. The highest BCUT2D eigenvalue weighted by Crippen LogP contribution is 2.12. The number of nitriles is 1. The van der Waals surface area contributed by atoms with E-state index in [1.54, 1.807) is 0 Å². The molecule has 0 aromatic heterocycles. The summed E-state index contributed by atoms with van der Waals surface area (Å²) < 4.78 is 49.2. The first-order valence-corrected chi connectivity index (χ1v) is 10.2. The number of hydrogen-bond acceptors (Lipinski definition) is 7. The van der Waals surface area contributed by atoms with Crippen molar-refractivity contribution in [3.05, 3.63) is 29.8 Å². The molecule has 1 aromatic rings. The largest absolute Gasteiger partial charge is 0.390 e. The molecule has 0 bridgehead atoms. The lowest BCUT2D eigenvalue weighted by Gasteiger charge is -2.15. The average molecular weight is 359 g/mol. The topological polar surface area (TPSA) is 136 Å². The molecule has 0 saturated carbocycles. The summed E-state index contributed by atoms with van der Waals surface area (Å²) in [6, 6.07) is 6.90. The van der Waals surface area contributed by atoms with Crippen molar-refractivity contribution >= 4 is 19.9 Å². The Kier molecular flexibility index (Phi) is 5.38. The normalized spacial score (nSPS) is 23.5. The van der Waals surface area contributed by atoms with Crippen LogP contribution < -0.4 is 10.0 Å². The second-order valence-electron chi connectivity index (χ2n) is 5.24. The van der Waals surface area contributed by atoms with Crippen LogP contribution >= 0.6 is 0 Å². The zero-order chi connectivity index (χ0) is 17.1. The maximum absolute atomic E-state index is 12.1. The lowest BCUT2D eigenvalue weighted by Crippen LogP contribution is -2.42. The smallest absolute Gasteiger partial charge is 0.240 e. The van der Waals surface area contributed by atoms with E-state index < -0.39 is 32.0 Å².